The molecule has 33 heavy (non-hydrogen) atoms. The zero-order chi connectivity index (χ0) is 22.9. The zero-order valence-corrected chi connectivity index (χ0v) is 19.8. The molecular formula is C27H25N5S. The molecule has 0 spiro atoms. The quantitative estimate of drug-likeness (QED) is 0.311. The number of nitrogens with one attached hydrogen (secondary N) is 1. The molecule has 0 radical (unpaired) electrons. The topological polar surface area (TPSA) is 66.5 Å². The van der Waals surface area contributed by atoms with Crippen molar-refractivity contribution in [3.8, 4) is 17.5 Å². The standard InChI is InChI=1S/C27H25N5S/c1-17(2)32-15-20(14-28)24-26(29-13-12-19-10-8-18(3)9-11-19)30-25(31-27(24)32)22-16-33-23-7-5-4-6-21(22)23/h4-11,15-17H,12-13H2,1-3H3,(H,29,30,31). The monoisotopic (exact) mass is 451 g/mol. The van der Waals surface area contributed by atoms with Gasteiger partial charge in [-0.2, -0.15) is 5.26 Å². The van der Waals surface area contributed by atoms with E-state index in [4.69, 9.17) is 9.97 Å². The summed E-state index contributed by atoms with van der Waals surface area (Å²) in [5.41, 5.74) is 4.93. The lowest BCUT2D eigenvalue weighted by molar-refractivity contribution is 0.617. The summed E-state index contributed by atoms with van der Waals surface area (Å²) in [6.07, 6.45) is 2.76. The highest BCUT2D eigenvalue weighted by Crippen LogP contribution is 2.36. The van der Waals surface area contributed by atoms with Crippen LogP contribution in [0, 0.1) is 18.3 Å². The van der Waals surface area contributed by atoms with Crippen LogP contribution in [0.4, 0.5) is 5.82 Å². The van der Waals surface area contributed by atoms with Gasteiger partial charge >= 0.3 is 0 Å². The largest absolute Gasteiger partial charge is 0.369 e. The van der Waals surface area contributed by atoms with Crippen LogP contribution < -0.4 is 5.32 Å². The number of rotatable bonds is 6. The van der Waals surface area contributed by atoms with Crippen molar-refractivity contribution in [2.24, 2.45) is 0 Å². The molecule has 3 aromatic heterocycles. The number of benzene rings is 2. The van der Waals surface area contributed by atoms with E-state index < -0.39 is 0 Å². The molecule has 0 saturated carbocycles. The van der Waals surface area contributed by atoms with Crippen molar-refractivity contribution < 1.29 is 0 Å². The number of aromatic nitrogens is 3. The van der Waals surface area contributed by atoms with E-state index in [1.807, 2.05) is 18.3 Å². The maximum absolute atomic E-state index is 9.83. The molecule has 2 aromatic carbocycles. The van der Waals surface area contributed by atoms with E-state index in [1.165, 1.54) is 15.8 Å². The Kier molecular flexibility index (Phi) is 5.57. The van der Waals surface area contributed by atoms with Gasteiger partial charge in [0.15, 0.2) is 5.82 Å². The Balaban J connectivity index is 1.61. The third-order valence-electron chi connectivity index (χ3n) is 5.90. The van der Waals surface area contributed by atoms with Gasteiger partial charge in [0.05, 0.1) is 10.9 Å². The van der Waals surface area contributed by atoms with Crippen LogP contribution in [0.25, 0.3) is 32.5 Å². The molecule has 0 aliphatic rings. The fraction of sp³-hybridized carbons (Fsp3) is 0.222. The lowest BCUT2D eigenvalue weighted by Gasteiger charge is -2.12. The smallest absolute Gasteiger partial charge is 0.165 e. The lowest BCUT2D eigenvalue weighted by Crippen LogP contribution is -2.09. The highest BCUT2D eigenvalue weighted by molar-refractivity contribution is 7.17. The third kappa shape index (κ3) is 3.96. The number of nitriles is 1. The number of hydrogen-bond donors (Lipinski definition) is 1. The van der Waals surface area contributed by atoms with Gasteiger partial charge < -0.3 is 9.88 Å². The molecule has 0 amide bonds. The minimum Gasteiger partial charge on any atom is -0.369 e. The minimum atomic E-state index is 0.178. The van der Waals surface area contributed by atoms with Crippen LogP contribution in [0.5, 0.6) is 0 Å². The molecule has 0 aliphatic heterocycles. The first-order valence-corrected chi connectivity index (χ1v) is 12.0. The first-order chi connectivity index (χ1) is 16.0. The predicted molar refractivity (Wildman–Crippen MR) is 137 cm³/mol. The van der Waals surface area contributed by atoms with E-state index in [0.717, 1.165) is 34.9 Å². The van der Waals surface area contributed by atoms with Crippen molar-refractivity contribution in [2.75, 3.05) is 11.9 Å². The summed E-state index contributed by atoms with van der Waals surface area (Å²) in [7, 11) is 0. The Morgan fingerprint density at radius 1 is 1.09 bits per heavy atom. The molecule has 1 N–H and O–H groups in total. The Morgan fingerprint density at radius 2 is 1.88 bits per heavy atom. The summed E-state index contributed by atoms with van der Waals surface area (Å²) in [4.78, 5) is 9.90. The van der Waals surface area contributed by atoms with Crippen molar-refractivity contribution in [3.05, 3.63) is 76.8 Å². The van der Waals surface area contributed by atoms with E-state index in [-0.39, 0.29) is 6.04 Å². The number of thiophene rings is 1. The first kappa shape index (κ1) is 21.2. The number of nitrogens with zero attached hydrogens (tertiary/aromatic N) is 4. The van der Waals surface area contributed by atoms with Gasteiger partial charge in [0.25, 0.3) is 0 Å². The van der Waals surface area contributed by atoms with Crippen LogP contribution in [0.3, 0.4) is 0 Å². The van der Waals surface area contributed by atoms with Crippen LogP contribution in [0.15, 0.2) is 60.1 Å². The molecule has 3 heterocycles. The van der Waals surface area contributed by atoms with E-state index in [9.17, 15) is 5.26 Å². The molecule has 5 aromatic rings. The summed E-state index contributed by atoms with van der Waals surface area (Å²) in [6, 6.07) is 19.4. The van der Waals surface area contributed by atoms with E-state index >= 15 is 0 Å². The molecule has 164 valence electrons. The Hall–Kier alpha value is -3.69. The molecule has 0 fully saturated rings. The van der Waals surface area contributed by atoms with Gasteiger partial charge in [-0.05, 0) is 38.8 Å². The molecule has 6 heteroatoms. The Morgan fingerprint density at radius 3 is 2.64 bits per heavy atom. The van der Waals surface area contributed by atoms with Gasteiger partial charge in [0.1, 0.15) is 17.5 Å². The van der Waals surface area contributed by atoms with E-state index in [2.05, 4.69) is 78.5 Å². The normalized spacial score (nSPS) is 11.4. The van der Waals surface area contributed by atoms with Crippen LogP contribution in [0.2, 0.25) is 0 Å². The predicted octanol–water partition coefficient (Wildman–Crippen LogP) is 6.73. The molecule has 5 nitrogen and oxygen atoms in total. The Labute approximate surface area is 197 Å². The fourth-order valence-corrected chi connectivity index (χ4v) is 5.05. The average molecular weight is 452 g/mol. The number of fused-ring (bicyclic) bond motifs is 2. The van der Waals surface area contributed by atoms with Crippen LogP contribution in [-0.4, -0.2) is 21.1 Å². The molecule has 5 rings (SSSR count). The van der Waals surface area contributed by atoms with Gasteiger partial charge in [-0.15, -0.1) is 11.3 Å². The van der Waals surface area contributed by atoms with Crippen LogP contribution >= 0.6 is 11.3 Å². The molecular weight excluding hydrogens is 426 g/mol. The van der Waals surface area contributed by atoms with Crippen molar-refractivity contribution >= 4 is 38.3 Å². The SMILES string of the molecule is Cc1ccc(CCNc2nc(-c3csc4ccccc34)nc3c2c(C#N)cn3C(C)C)cc1. The van der Waals surface area contributed by atoms with Crippen molar-refractivity contribution in [1.82, 2.24) is 14.5 Å². The van der Waals surface area contributed by atoms with Gasteiger partial charge in [-0.25, -0.2) is 9.97 Å². The van der Waals surface area contributed by atoms with E-state index in [1.54, 1.807) is 11.3 Å². The van der Waals surface area contributed by atoms with Gasteiger partial charge in [-0.1, -0.05) is 48.0 Å². The minimum absolute atomic E-state index is 0.178. The summed E-state index contributed by atoms with van der Waals surface area (Å²) in [6.45, 7) is 7.02. The summed E-state index contributed by atoms with van der Waals surface area (Å²) in [5, 5.41) is 17.4. The lowest BCUT2D eigenvalue weighted by atomic mass is 10.1. The highest BCUT2D eigenvalue weighted by Gasteiger charge is 2.20. The van der Waals surface area contributed by atoms with Crippen LogP contribution in [0.1, 0.15) is 36.6 Å². The highest BCUT2D eigenvalue weighted by atomic mass is 32.1. The fourth-order valence-electron chi connectivity index (χ4n) is 4.11. The van der Waals surface area contributed by atoms with Crippen LogP contribution in [-0.2, 0) is 6.42 Å². The van der Waals surface area contributed by atoms with Gasteiger partial charge in [-0.3, -0.25) is 0 Å². The van der Waals surface area contributed by atoms with Crippen molar-refractivity contribution in [2.45, 2.75) is 33.2 Å². The molecule has 0 unspecified atom stereocenters. The molecule has 0 aliphatic carbocycles. The molecule has 0 atom stereocenters. The Bertz CT molecular complexity index is 1490. The average Bonchev–Trinajstić information content (AvgIpc) is 3.42. The summed E-state index contributed by atoms with van der Waals surface area (Å²) < 4.78 is 3.28. The van der Waals surface area contributed by atoms with Crippen molar-refractivity contribution in [1.29, 1.82) is 5.26 Å². The third-order valence-corrected chi connectivity index (χ3v) is 6.86. The number of anilines is 1. The zero-order valence-electron chi connectivity index (χ0n) is 19.0. The maximum Gasteiger partial charge on any atom is 0.165 e. The van der Waals surface area contributed by atoms with Crippen molar-refractivity contribution in [3.63, 3.8) is 0 Å². The summed E-state index contributed by atoms with van der Waals surface area (Å²) in [5.74, 6) is 1.40. The van der Waals surface area contributed by atoms with Gasteiger partial charge in [0.2, 0.25) is 0 Å². The van der Waals surface area contributed by atoms with E-state index in [0.29, 0.717) is 17.2 Å². The molecule has 0 saturated heterocycles. The van der Waals surface area contributed by atoms with Gasteiger partial charge in [0, 0.05) is 39.8 Å². The second-order valence-corrected chi connectivity index (χ2v) is 9.47. The number of aryl methyl sites for hydroxylation is 1. The summed E-state index contributed by atoms with van der Waals surface area (Å²) >= 11 is 1.70. The molecule has 0 bridgehead atoms. The second-order valence-electron chi connectivity index (χ2n) is 8.56. The number of hydrogen-bond acceptors (Lipinski definition) is 5. The maximum atomic E-state index is 9.83. The first-order valence-electron chi connectivity index (χ1n) is 11.1. The second kappa shape index (κ2) is 8.68.